The Labute approximate surface area is 251 Å². The van der Waals surface area contributed by atoms with Crippen LogP contribution in [0.2, 0.25) is 0 Å². The van der Waals surface area contributed by atoms with E-state index in [4.69, 9.17) is 18.6 Å². The van der Waals surface area contributed by atoms with Crippen LogP contribution >= 0.6 is 0 Å². The van der Waals surface area contributed by atoms with Crippen molar-refractivity contribution < 1.29 is 43.2 Å². The number of aldehydes is 1. The zero-order valence-electron chi connectivity index (χ0n) is 23.9. The molecule has 230 valence electrons. The van der Waals surface area contributed by atoms with Crippen LogP contribution in [0.15, 0.2) is 63.3 Å². The van der Waals surface area contributed by atoms with Crippen molar-refractivity contribution in [2.75, 3.05) is 33.4 Å². The Morgan fingerprint density at radius 1 is 1.20 bits per heavy atom. The number of benzene rings is 2. The number of amides is 2. The zero-order chi connectivity index (χ0) is 31.0. The van der Waals surface area contributed by atoms with Gasteiger partial charge in [-0.3, -0.25) is 14.4 Å². The summed E-state index contributed by atoms with van der Waals surface area (Å²) in [5, 5.41) is 24.4. The summed E-state index contributed by atoms with van der Waals surface area (Å²) in [6.45, 7) is 0.183. The number of aliphatic hydroxyl groups is 2. The lowest BCUT2D eigenvalue weighted by Crippen LogP contribution is -2.57. The number of rotatable bonds is 9. The van der Waals surface area contributed by atoms with E-state index in [1.165, 1.54) is 30.2 Å². The SMILES string of the molecule is COc1cc(C=O)cc2c1OC1C2C(C(=O)NCCO)=CC(N(CC2CCCO2)C(=O)c2cc3ccccc3oc2=O)C1O. The monoisotopic (exact) mass is 604 g/mol. The fraction of sp³-hybridized carbons (Fsp3) is 0.375. The van der Waals surface area contributed by atoms with Crippen molar-refractivity contribution in [1.29, 1.82) is 0 Å². The van der Waals surface area contributed by atoms with Gasteiger partial charge >= 0.3 is 5.63 Å². The molecule has 1 fully saturated rings. The van der Waals surface area contributed by atoms with Gasteiger partial charge in [0.15, 0.2) is 11.5 Å². The molecular formula is C32H32N2O10. The Balaban J connectivity index is 1.47. The summed E-state index contributed by atoms with van der Waals surface area (Å²) in [6.07, 6.45) is 0.782. The fourth-order valence-electron chi connectivity index (χ4n) is 6.27. The number of hydrogen-bond donors (Lipinski definition) is 3. The van der Waals surface area contributed by atoms with Crippen LogP contribution in [0.25, 0.3) is 11.0 Å². The topological polar surface area (TPSA) is 165 Å². The van der Waals surface area contributed by atoms with Crippen molar-refractivity contribution >= 4 is 29.1 Å². The predicted molar refractivity (Wildman–Crippen MR) is 156 cm³/mol. The minimum atomic E-state index is -1.37. The smallest absolute Gasteiger partial charge is 0.349 e. The summed E-state index contributed by atoms with van der Waals surface area (Å²) in [4.78, 5) is 53.9. The van der Waals surface area contributed by atoms with Gasteiger partial charge in [-0.2, -0.15) is 0 Å². The van der Waals surface area contributed by atoms with E-state index in [1.54, 1.807) is 30.3 Å². The average molecular weight is 605 g/mol. The van der Waals surface area contributed by atoms with Crippen molar-refractivity contribution in [3.05, 3.63) is 81.2 Å². The van der Waals surface area contributed by atoms with Gasteiger partial charge in [-0.25, -0.2) is 4.79 Å². The summed E-state index contributed by atoms with van der Waals surface area (Å²) in [7, 11) is 1.41. The van der Waals surface area contributed by atoms with E-state index in [2.05, 4.69) is 5.32 Å². The first-order chi connectivity index (χ1) is 21.3. The second-order valence-corrected chi connectivity index (χ2v) is 11.0. The first-order valence-corrected chi connectivity index (χ1v) is 14.4. The van der Waals surface area contributed by atoms with Crippen LogP contribution in [0.5, 0.6) is 11.5 Å². The van der Waals surface area contributed by atoms with Crippen LogP contribution in [-0.4, -0.2) is 91.0 Å². The van der Waals surface area contributed by atoms with E-state index in [0.717, 1.165) is 6.42 Å². The molecule has 44 heavy (non-hydrogen) atoms. The lowest BCUT2D eigenvalue weighted by atomic mass is 9.77. The number of nitrogens with zero attached hydrogens (tertiary/aromatic N) is 1. The Kier molecular flexibility index (Phi) is 8.21. The lowest BCUT2D eigenvalue weighted by Gasteiger charge is -2.41. The second-order valence-electron chi connectivity index (χ2n) is 11.0. The van der Waals surface area contributed by atoms with Crippen molar-refractivity contribution in [3.8, 4) is 11.5 Å². The quantitative estimate of drug-likeness (QED) is 0.241. The molecule has 1 aliphatic carbocycles. The first kappa shape index (κ1) is 29.5. The molecule has 5 atom stereocenters. The van der Waals surface area contributed by atoms with E-state index in [0.29, 0.717) is 35.8 Å². The summed E-state index contributed by atoms with van der Waals surface area (Å²) in [5.41, 5.74) is 0.168. The molecule has 6 rings (SSSR count). The van der Waals surface area contributed by atoms with Crippen molar-refractivity contribution in [2.24, 2.45) is 0 Å². The van der Waals surface area contributed by atoms with Crippen molar-refractivity contribution in [2.45, 2.75) is 43.1 Å². The van der Waals surface area contributed by atoms with E-state index < -0.39 is 41.6 Å². The summed E-state index contributed by atoms with van der Waals surface area (Å²) < 4.78 is 23.0. The highest BCUT2D eigenvalue weighted by molar-refractivity contribution is 5.99. The Morgan fingerprint density at radius 2 is 2.02 bits per heavy atom. The van der Waals surface area contributed by atoms with Crippen molar-refractivity contribution in [1.82, 2.24) is 10.2 Å². The van der Waals surface area contributed by atoms with Gasteiger partial charge in [0.1, 0.15) is 29.6 Å². The van der Waals surface area contributed by atoms with Crippen molar-refractivity contribution in [3.63, 3.8) is 0 Å². The normalized spacial score (nSPS) is 23.7. The fourth-order valence-corrected chi connectivity index (χ4v) is 6.27. The molecule has 1 aromatic heterocycles. The number of carbonyl (C=O) groups is 3. The van der Waals surface area contributed by atoms with E-state index in [9.17, 15) is 29.4 Å². The van der Waals surface area contributed by atoms with Gasteiger partial charge in [0, 0.05) is 41.8 Å². The van der Waals surface area contributed by atoms with E-state index >= 15 is 0 Å². The third kappa shape index (κ3) is 5.25. The minimum absolute atomic E-state index is 0.0256. The van der Waals surface area contributed by atoms with Crippen LogP contribution in [0.4, 0.5) is 0 Å². The van der Waals surface area contributed by atoms with Crippen LogP contribution in [0.1, 0.15) is 45.0 Å². The van der Waals surface area contributed by atoms with Gasteiger partial charge in [-0.05, 0) is 43.2 Å². The zero-order valence-corrected chi connectivity index (χ0v) is 23.9. The Bertz CT molecular complexity index is 1690. The molecule has 1 saturated heterocycles. The maximum atomic E-state index is 14.2. The third-order valence-corrected chi connectivity index (χ3v) is 8.33. The Hall–Kier alpha value is -4.52. The van der Waals surface area contributed by atoms with Gasteiger partial charge < -0.3 is 39.1 Å². The van der Waals surface area contributed by atoms with Gasteiger partial charge in [0.25, 0.3) is 5.91 Å². The van der Waals surface area contributed by atoms with E-state index in [1.807, 2.05) is 0 Å². The highest BCUT2D eigenvalue weighted by Crippen LogP contribution is 2.51. The minimum Gasteiger partial charge on any atom is -0.493 e. The highest BCUT2D eigenvalue weighted by atomic mass is 16.5. The third-order valence-electron chi connectivity index (χ3n) is 8.33. The molecule has 0 saturated carbocycles. The molecule has 2 aromatic carbocycles. The molecule has 0 radical (unpaired) electrons. The lowest BCUT2D eigenvalue weighted by molar-refractivity contribution is -0.118. The molecule has 2 aliphatic heterocycles. The molecule has 3 aromatic rings. The predicted octanol–water partition coefficient (Wildman–Crippen LogP) is 1.56. The molecule has 12 heteroatoms. The van der Waals surface area contributed by atoms with E-state index in [-0.39, 0.29) is 54.0 Å². The molecule has 12 nitrogen and oxygen atoms in total. The average Bonchev–Trinajstić information content (AvgIpc) is 3.70. The molecule has 0 bridgehead atoms. The highest BCUT2D eigenvalue weighted by Gasteiger charge is 2.52. The van der Waals surface area contributed by atoms with Crippen LogP contribution in [0, 0.1) is 0 Å². The van der Waals surface area contributed by atoms with Crippen LogP contribution in [0.3, 0.4) is 0 Å². The van der Waals surface area contributed by atoms with Gasteiger partial charge in [-0.1, -0.05) is 18.2 Å². The first-order valence-electron chi connectivity index (χ1n) is 14.4. The molecule has 0 spiro atoms. The molecule has 3 N–H and O–H groups in total. The van der Waals surface area contributed by atoms with Crippen LogP contribution in [-0.2, 0) is 9.53 Å². The summed E-state index contributed by atoms with van der Waals surface area (Å²) in [5.74, 6) is -1.56. The molecule has 2 amide bonds. The number of para-hydroxylation sites is 1. The number of hydrogen-bond acceptors (Lipinski definition) is 10. The number of aliphatic hydroxyl groups excluding tert-OH is 2. The number of nitrogens with one attached hydrogen (secondary N) is 1. The van der Waals surface area contributed by atoms with Crippen LogP contribution < -0.4 is 20.4 Å². The molecular weight excluding hydrogens is 572 g/mol. The number of ether oxygens (including phenoxy) is 3. The molecule has 3 heterocycles. The summed E-state index contributed by atoms with van der Waals surface area (Å²) in [6, 6.07) is 10.2. The van der Waals surface area contributed by atoms with Gasteiger partial charge in [0.05, 0.1) is 31.8 Å². The number of carbonyl (C=O) groups excluding carboxylic acids is 3. The second kappa shape index (κ2) is 12.2. The number of methoxy groups -OCH3 is 1. The molecule has 5 unspecified atom stereocenters. The Morgan fingerprint density at radius 3 is 2.75 bits per heavy atom. The number of fused-ring (bicyclic) bond motifs is 4. The largest absolute Gasteiger partial charge is 0.493 e. The molecule has 3 aliphatic rings. The summed E-state index contributed by atoms with van der Waals surface area (Å²) >= 11 is 0. The maximum absolute atomic E-state index is 14.2. The maximum Gasteiger partial charge on any atom is 0.349 e. The van der Waals surface area contributed by atoms with Gasteiger partial charge in [-0.15, -0.1) is 0 Å². The van der Waals surface area contributed by atoms with Gasteiger partial charge in [0.2, 0.25) is 5.91 Å². The standard InChI is InChI=1S/C32H32N2O10/c1-41-25-12-17(16-36)11-20-26-21(30(38)33-8-9-35)14-23(27(37)29(26)44-28(20)25)34(15-19-6-4-10-42-19)31(39)22-13-18-5-2-3-7-24(18)43-32(22)40/h2-3,5,7,11-14,16,19,23,26-27,29,35,37H,4,6,8-10,15H2,1H3,(H,33,38).